The number of nitrogens with zero attached hydrogens (tertiary/aromatic N) is 1. The predicted molar refractivity (Wildman–Crippen MR) is 78.2 cm³/mol. The molecule has 2 rings (SSSR count). The first-order valence-corrected chi connectivity index (χ1v) is 7.61. The maximum Gasteiger partial charge on any atom is 0.0634 e. The van der Waals surface area contributed by atoms with Gasteiger partial charge in [0.05, 0.1) is 5.02 Å². The van der Waals surface area contributed by atoms with Gasteiger partial charge in [-0.25, -0.2) is 0 Å². The first-order chi connectivity index (χ1) is 9.31. The first kappa shape index (κ1) is 14.8. The van der Waals surface area contributed by atoms with Gasteiger partial charge in [-0.3, -0.25) is 4.98 Å². The molecule has 0 amide bonds. The fraction of sp³-hybridized carbons (Fsp3) is 0.667. The van der Waals surface area contributed by atoms with E-state index in [-0.39, 0.29) is 6.61 Å². The van der Waals surface area contributed by atoms with Crippen LogP contribution in [0.25, 0.3) is 0 Å². The summed E-state index contributed by atoms with van der Waals surface area (Å²) in [6.07, 6.45) is 10.8. The molecular formula is C15H23ClN2O. The van der Waals surface area contributed by atoms with E-state index in [0.717, 1.165) is 18.5 Å². The van der Waals surface area contributed by atoms with Gasteiger partial charge < -0.3 is 10.4 Å². The van der Waals surface area contributed by atoms with Crippen LogP contribution in [-0.2, 0) is 6.54 Å². The molecule has 1 heterocycles. The van der Waals surface area contributed by atoms with Crippen molar-refractivity contribution in [2.24, 2.45) is 5.92 Å². The summed E-state index contributed by atoms with van der Waals surface area (Å²) in [6, 6.07) is 2.35. The van der Waals surface area contributed by atoms with Crippen LogP contribution in [0.4, 0.5) is 0 Å². The summed E-state index contributed by atoms with van der Waals surface area (Å²) >= 11 is 6.12. The lowest BCUT2D eigenvalue weighted by Crippen LogP contribution is -2.37. The molecule has 0 spiro atoms. The Kier molecular flexibility index (Phi) is 6.08. The number of nitrogens with one attached hydrogen (secondary N) is 1. The van der Waals surface area contributed by atoms with E-state index in [1.54, 1.807) is 12.4 Å². The molecule has 106 valence electrons. The summed E-state index contributed by atoms with van der Waals surface area (Å²) in [5.41, 5.74) is 1.08. The fourth-order valence-corrected chi connectivity index (χ4v) is 3.15. The van der Waals surface area contributed by atoms with Crippen molar-refractivity contribution in [2.45, 2.75) is 51.1 Å². The molecule has 2 N–H and O–H groups in total. The van der Waals surface area contributed by atoms with E-state index < -0.39 is 0 Å². The van der Waals surface area contributed by atoms with Gasteiger partial charge in [0.25, 0.3) is 0 Å². The van der Waals surface area contributed by atoms with E-state index in [0.29, 0.717) is 17.0 Å². The molecule has 3 nitrogen and oxygen atoms in total. The van der Waals surface area contributed by atoms with Crippen molar-refractivity contribution < 1.29 is 5.11 Å². The molecule has 19 heavy (non-hydrogen) atoms. The quantitative estimate of drug-likeness (QED) is 0.842. The highest BCUT2D eigenvalue weighted by Gasteiger charge is 2.22. The average Bonchev–Trinajstić information content (AvgIpc) is 2.46. The summed E-state index contributed by atoms with van der Waals surface area (Å²) < 4.78 is 0. The standard InChI is InChI=1S/C15H23ClN2O/c16-14-11-17-8-6-13(14)10-18-15(7-9-19)12-4-2-1-3-5-12/h6,8,11-12,15,18-19H,1-5,7,9-10H2/t15-/m0/s1. The highest BCUT2D eigenvalue weighted by molar-refractivity contribution is 6.31. The summed E-state index contributed by atoms with van der Waals surface area (Å²) in [5.74, 6) is 0.696. The lowest BCUT2D eigenvalue weighted by molar-refractivity contribution is 0.205. The maximum absolute atomic E-state index is 9.24. The van der Waals surface area contributed by atoms with E-state index in [1.807, 2.05) is 6.07 Å². The number of aliphatic hydroxyl groups excluding tert-OH is 1. The van der Waals surface area contributed by atoms with Crippen molar-refractivity contribution in [3.8, 4) is 0 Å². The number of halogens is 1. The molecule has 0 aliphatic heterocycles. The van der Waals surface area contributed by atoms with Gasteiger partial charge in [-0.05, 0) is 36.8 Å². The first-order valence-electron chi connectivity index (χ1n) is 7.24. The van der Waals surface area contributed by atoms with Crippen LogP contribution in [0.5, 0.6) is 0 Å². The lowest BCUT2D eigenvalue weighted by Gasteiger charge is -2.31. The van der Waals surface area contributed by atoms with Gasteiger partial charge in [0, 0.05) is 31.6 Å². The zero-order valence-electron chi connectivity index (χ0n) is 11.3. The molecule has 1 aromatic rings. The van der Waals surface area contributed by atoms with Crippen LogP contribution in [0.3, 0.4) is 0 Å². The van der Waals surface area contributed by atoms with Crippen molar-refractivity contribution in [3.63, 3.8) is 0 Å². The van der Waals surface area contributed by atoms with E-state index in [4.69, 9.17) is 11.6 Å². The van der Waals surface area contributed by atoms with E-state index in [9.17, 15) is 5.11 Å². The monoisotopic (exact) mass is 282 g/mol. The molecule has 1 aliphatic rings. The zero-order chi connectivity index (χ0) is 13.5. The lowest BCUT2D eigenvalue weighted by atomic mass is 9.82. The van der Waals surface area contributed by atoms with Crippen LogP contribution >= 0.6 is 11.6 Å². The Balaban J connectivity index is 1.91. The molecule has 0 bridgehead atoms. The van der Waals surface area contributed by atoms with Crippen LogP contribution < -0.4 is 5.32 Å². The molecule has 0 aromatic carbocycles. The SMILES string of the molecule is OCC[C@H](NCc1ccncc1Cl)C1CCCCC1. The Labute approximate surface area is 120 Å². The molecule has 0 saturated heterocycles. The molecule has 1 atom stereocenters. The van der Waals surface area contributed by atoms with E-state index in [1.165, 1.54) is 32.1 Å². The highest BCUT2D eigenvalue weighted by Crippen LogP contribution is 2.28. The maximum atomic E-state index is 9.24. The van der Waals surface area contributed by atoms with Crippen molar-refractivity contribution in [1.29, 1.82) is 0 Å². The van der Waals surface area contributed by atoms with Gasteiger partial charge >= 0.3 is 0 Å². The Hall–Kier alpha value is -0.640. The van der Waals surface area contributed by atoms with Gasteiger partial charge in [-0.15, -0.1) is 0 Å². The molecule has 1 saturated carbocycles. The number of hydrogen-bond acceptors (Lipinski definition) is 3. The third-order valence-electron chi connectivity index (χ3n) is 4.07. The van der Waals surface area contributed by atoms with Crippen LogP contribution in [0, 0.1) is 5.92 Å². The second-order valence-electron chi connectivity index (χ2n) is 5.36. The van der Waals surface area contributed by atoms with Crippen LogP contribution in [0.15, 0.2) is 18.5 Å². The van der Waals surface area contributed by atoms with E-state index >= 15 is 0 Å². The second kappa shape index (κ2) is 7.83. The van der Waals surface area contributed by atoms with Crippen LogP contribution in [0.2, 0.25) is 5.02 Å². The van der Waals surface area contributed by atoms with Gasteiger partial charge in [0.1, 0.15) is 0 Å². The molecule has 0 radical (unpaired) electrons. The van der Waals surface area contributed by atoms with Gasteiger partial charge in [0.2, 0.25) is 0 Å². The van der Waals surface area contributed by atoms with Crippen molar-refractivity contribution in [2.75, 3.05) is 6.61 Å². The van der Waals surface area contributed by atoms with Crippen molar-refractivity contribution in [3.05, 3.63) is 29.0 Å². The Morgan fingerprint density at radius 2 is 2.16 bits per heavy atom. The number of pyridine rings is 1. The number of aromatic nitrogens is 1. The number of hydrogen-bond donors (Lipinski definition) is 2. The summed E-state index contributed by atoms with van der Waals surface area (Å²) in [6.45, 7) is 1.00. The molecule has 1 aromatic heterocycles. The average molecular weight is 283 g/mol. The normalized spacial score (nSPS) is 18.4. The van der Waals surface area contributed by atoms with Gasteiger partial charge in [-0.1, -0.05) is 30.9 Å². The number of rotatable bonds is 6. The smallest absolute Gasteiger partial charge is 0.0634 e. The summed E-state index contributed by atoms with van der Waals surface area (Å²) in [7, 11) is 0. The topological polar surface area (TPSA) is 45.1 Å². The van der Waals surface area contributed by atoms with Crippen LogP contribution in [-0.4, -0.2) is 22.7 Å². The zero-order valence-corrected chi connectivity index (χ0v) is 12.1. The molecule has 1 aliphatic carbocycles. The van der Waals surface area contributed by atoms with Crippen molar-refractivity contribution >= 4 is 11.6 Å². The van der Waals surface area contributed by atoms with Crippen molar-refractivity contribution in [1.82, 2.24) is 10.3 Å². The molecule has 1 fully saturated rings. The molecular weight excluding hydrogens is 260 g/mol. The number of aliphatic hydroxyl groups is 1. The predicted octanol–water partition coefficient (Wildman–Crippen LogP) is 3.16. The third kappa shape index (κ3) is 4.44. The second-order valence-corrected chi connectivity index (χ2v) is 5.77. The fourth-order valence-electron chi connectivity index (χ4n) is 2.97. The largest absolute Gasteiger partial charge is 0.396 e. The summed E-state index contributed by atoms with van der Waals surface area (Å²) in [4.78, 5) is 4.00. The van der Waals surface area contributed by atoms with Gasteiger partial charge in [-0.2, -0.15) is 0 Å². The minimum atomic E-state index is 0.248. The summed E-state index contributed by atoms with van der Waals surface area (Å²) in [5, 5.41) is 13.5. The minimum Gasteiger partial charge on any atom is -0.396 e. The van der Waals surface area contributed by atoms with Gasteiger partial charge in [0.15, 0.2) is 0 Å². The molecule has 0 unspecified atom stereocenters. The Bertz CT molecular complexity index is 380. The Morgan fingerprint density at radius 3 is 2.84 bits per heavy atom. The van der Waals surface area contributed by atoms with Crippen LogP contribution in [0.1, 0.15) is 44.1 Å². The van der Waals surface area contributed by atoms with E-state index in [2.05, 4.69) is 10.3 Å². The minimum absolute atomic E-state index is 0.248. The molecule has 4 heteroatoms. The Morgan fingerprint density at radius 1 is 1.37 bits per heavy atom. The third-order valence-corrected chi connectivity index (χ3v) is 4.41. The highest BCUT2D eigenvalue weighted by atomic mass is 35.5.